The molecule has 0 aliphatic carbocycles. The standard InChI is InChI=1S/4ClH.Ti/h4*1H;/q;;;;+3/p-3. The van der Waals surface area contributed by atoms with Crippen molar-refractivity contribution in [2.24, 2.45) is 0 Å². The summed E-state index contributed by atoms with van der Waals surface area (Å²) in [5.41, 5.74) is 0. The summed E-state index contributed by atoms with van der Waals surface area (Å²) in [5, 5.41) is 0. The molecular weight excluding hydrogens is 190 g/mol. The van der Waals surface area contributed by atoms with Crippen LogP contribution in [0.15, 0.2) is 0 Å². The molecule has 0 aliphatic rings. The summed E-state index contributed by atoms with van der Waals surface area (Å²) in [6, 6.07) is 0. The SMILES string of the molecule is Cl.[Cl-].[Cl-].[Cl-].[Ti+3]. The second-order valence-corrected chi connectivity index (χ2v) is 0. The Hall–Kier alpha value is 1.87. The van der Waals surface area contributed by atoms with Crippen molar-refractivity contribution >= 4 is 12.4 Å². The largest absolute Gasteiger partial charge is 3.00 e. The second-order valence-electron chi connectivity index (χ2n) is 0. The Bertz CT molecular complexity index is 3.61. The summed E-state index contributed by atoms with van der Waals surface area (Å²) < 4.78 is 0. The van der Waals surface area contributed by atoms with E-state index in [-0.39, 0.29) is 71.3 Å². The molecule has 0 N–H and O–H groups in total. The van der Waals surface area contributed by atoms with Crippen LogP contribution in [-0.2, 0) is 21.7 Å². The molecule has 5 heavy (non-hydrogen) atoms. The van der Waals surface area contributed by atoms with Crippen LogP contribution in [0.25, 0.3) is 0 Å². The van der Waals surface area contributed by atoms with E-state index < -0.39 is 0 Å². The van der Waals surface area contributed by atoms with E-state index in [1.807, 2.05) is 0 Å². The third kappa shape index (κ3) is 25.1. The van der Waals surface area contributed by atoms with Gasteiger partial charge in [0.25, 0.3) is 0 Å². The quantitative estimate of drug-likeness (QED) is 0.333. The Kier molecular flexibility index (Phi) is 537. The van der Waals surface area contributed by atoms with Crippen LogP contribution in [0.1, 0.15) is 0 Å². The first-order chi connectivity index (χ1) is 0. The predicted molar refractivity (Wildman–Crippen MR) is 7.25 cm³/mol. The third-order valence-corrected chi connectivity index (χ3v) is 0. The van der Waals surface area contributed by atoms with Crippen molar-refractivity contribution in [1.29, 1.82) is 0 Å². The van der Waals surface area contributed by atoms with E-state index >= 15 is 0 Å². The van der Waals surface area contributed by atoms with Crippen LogP contribution in [0.5, 0.6) is 0 Å². The van der Waals surface area contributed by atoms with E-state index in [1.54, 1.807) is 0 Å². The summed E-state index contributed by atoms with van der Waals surface area (Å²) in [6.45, 7) is 0. The molecule has 0 bridgehead atoms. The molecule has 33 valence electrons. The Morgan fingerprint density at radius 3 is 0.600 bits per heavy atom. The zero-order chi connectivity index (χ0) is 0. The first-order valence-electron chi connectivity index (χ1n) is 0. The Morgan fingerprint density at radius 1 is 0.600 bits per heavy atom. The Morgan fingerprint density at radius 2 is 0.600 bits per heavy atom. The van der Waals surface area contributed by atoms with Crippen molar-refractivity contribution in [2.75, 3.05) is 0 Å². The number of halogens is 4. The average molecular weight is 191 g/mol. The first kappa shape index (κ1) is 67.5. The Labute approximate surface area is 71.0 Å². The molecule has 5 heteroatoms. The van der Waals surface area contributed by atoms with Gasteiger partial charge in [-0.05, 0) is 0 Å². The van der Waals surface area contributed by atoms with Gasteiger partial charge in [-0.1, -0.05) is 0 Å². The first-order valence-corrected chi connectivity index (χ1v) is 0. The fourth-order valence-corrected chi connectivity index (χ4v) is 0. The van der Waals surface area contributed by atoms with Gasteiger partial charge in [-0.15, -0.1) is 12.4 Å². The summed E-state index contributed by atoms with van der Waals surface area (Å²) in [5.74, 6) is 0. The van der Waals surface area contributed by atoms with Gasteiger partial charge in [-0.25, -0.2) is 0 Å². The zero-order valence-electron chi connectivity index (χ0n) is 2.04. The molecule has 0 aliphatic heterocycles. The molecule has 0 amide bonds. The van der Waals surface area contributed by atoms with Crippen LogP contribution < -0.4 is 37.2 Å². The normalized spacial score (nSPS) is 0. The molecule has 0 fully saturated rings. The molecule has 0 heterocycles. The smallest absolute Gasteiger partial charge is 1.00 e. The molecule has 0 spiro atoms. The summed E-state index contributed by atoms with van der Waals surface area (Å²) >= 11 is 0. The molecule has 0 saturated carbocycles. The number of hydrogen-bond donors (Lipinski definition) is 0. The Balaban J connectivity index is 0. The molecule has 0 aromatic rings. The predicted octanol–water partition coefficient (Wildman–Crippen LogP) is -8.57. The van der Waals surface area contributed by atoms with Crippen LogP contribution in [0.4, 0.5) is 0 Å². The second kappa shape index (κ2) is 39.7. The maximum absolute atomic E-state index is 0. The van der Waals surface area contributed by atoms with E-state index in [2.05, 4.69) is 0 Å². The molecular formula is HCl4Ti. The van der Waals surface area contributed by atoms with Crippen LogP contribution in [0.3, 0.4) is 0 Å². The monoisotopic (exact) mass is 189 g/mol. The molecule has 0 aromatic heterocycles. The molecule has 0 rings (SSSR count). The molecule has 0 saturated heterocycles. The fourth-order valence-electron chi connectivity index (χ4n) is 0. The minimum atomic E-state index is 0. The van der Waals surface area contributed by atoms with Gasteiger partial charge >= 0.3 is 21.7 Å². The van der Waals surface area contributed by atoms with Crippen LogP contribution in [0, 0.1) is 0 Å². The third-order valence-electron chi connectivity index (χ3n) is 0. The molecule has 0 aromatic carbocycles. The van der Waals surface area contributed by atoms with Crippen molar-refractivity contribution in [3.8, 4) is 0 Å². The van der Waals surface area contributed by atoms with Gasteiger partial charge in [0.15, 0.2) is 0 Å². The average Bonchev–Trinajstić information content (AvgIpc) is 0. The number of hydrogen-bond acceptors (Lipinski definition) is 0. The minimum absolute atomic E-state index is 0. The van der Waals surface area contributed by atoms with E-state index in [1.165, 1.54) is 0 Å². The summed E-state index contributed by atoms with van der Waals surface area (Å²) in [6.07, 6.45) is 0. The van der Waals surface area contributed by atoms with Crippen LogP contribution in [-0.4, -0.2) is 0 Å². The summed E-state index contributed by atoms with van der Waals surface area (Å²) in [4.78, 5) is 0. The van der Waals surface area contributed by atoms with E-state index in [9.17, 15) is 0 Å². The van der Waals surface area contributed by atoms with Gasteiger partial charge in [-0.2, -0.15) is 0 Å². The van der Waals surface area contributed by atoms with Gasteiger partial charge in [0.2, 0.25) is 0 Å². The van der Waals surface area contributed by atoms with Crippen molar-refractivity contribution in [1.82, 2.24) is 0 Å². The van der Waals surface area contributed by atoms with Gasteiger partial charge in [0.1, 0.15) is 0 Å². The van der Waals surface area contributed by atoms with Crippen LogP contribution in [0.2, 0.25) is 0 Å². The van der Waals surface area contributed by atoms with E-state index in [0.717, 1.165) is 0 Å². The van der Waals surface area contributed by atoms with Crippen molar-refractivity contribution in [3.05, 3.63) is 0 Å². The molecule has 1 radical (unpaired) electrons. The molecule has 0 atom stereocenters. The van der Waals surface area contributed by atoms with E-state index in [4.69, 9.17) is 0 Å². The maximum Gasteiger partial charge on any atom is 3.00 e. The van der Waals surface area contributed by atoms with Crippen molar-refractivity contribution in [3.63, 3.8) is 0 Å². The van der Waals surface area contributed by atoms with Crippen LogP contribution >= 0.6 is 12.4 Å². The van der Waals surface area contributed by atoms with Crippen molar-refractivity contribution < 1.29 is 58.9 Å². The minimum Gasteiger partial charge on any atom is -1.00 e. The van der Waals surface area contributed by atoms with E-state index in [0.29, 0.717) is 0 Å². The zero-order valence-corrected chi connectivity index (χ0v) is 6.69. The van der Waals surface area contributed by atoms with Crippen molar-refractivity contribution in [2.45, 2.75) is 0 Å². The van der Waals surface area contributed by atoms with Gasteiger partial charge in [0.05, 0.1) is 0 Å². The van der Waals surface area contributed by atoms with Gasteiger partial charge in [-0.3, -0.25) is 0 Å². The molecule has 0 nitrogen and oxygen atoms in total. The maximum atomic E-state index is 0. The van der Waals surface area contributed by atoms with Gasteiger partial charge < -0.3 is 37.2 Å². The molecule has 0 unspecified atom stereocenters. The number of rotatable bonds is 0. The van der Waals surface area contributed by atoms with Gasteiger partial charge in [0, 0.05) is 0 Å². The topological polar surface area (TPSA) is 0 Å². The summed E-state index contributed by atoms with van der Waals surface area (Å²) in [7, 11) is 0. The fraction of sp³-hybridized carbons (Fsp3) is 0.